The van der Waals surface area contributed by atoms with Gasteiger partial charge in [0.05, 0.1) is 0 Å². The second kappa shape index (κ2) is 14.9. The molecule has 1 atom stereocenters. The summed E-state index contributed by atoms with van der Waals surface area (Å²) in [4.78, 5) is 0. The summed E-state index contributed by atoms with van der Waals surface area (Å²) in [6.45, 7) is 13.1. The average Bonchev–Trinajstić information content (AvgIpc) is 3.34. The molecule has 0 bridgehead atoms. The SMILES string of the molecule is CC1=[C-]C(C)C=C1C(C)C.C[C](=[Zr+2])c1ccc(C)cc1.[Cl-].[Cl-].[c-]1cccc2c1Cc1ccccc1-2. The molecule has 3 heteroatoms. The van der Waals surface area contributed by atoms with E-state index < -0.39 is 0 Å². The summed E-state index contributed by atoms with van der Waals surface area (Å²) in [6.07, 6.45) is 6.73. The van der Waals surface area contributed by atoms with Crippen molar-refractivity contribution in [3.8, 4) is 11.1 Å². The Morgan fingerprint density at radius 1 is 0.914 bits per heavy atom. The van der Waals surface area contributed by atoms with Gasteiger partial charge in [-0.1, -0.05) is 74.9 Å². The van der Waals surface area contributed by atoms with E-state index in [1.54, 1.807) is 0 Å². The molecule has 3 aromatic carbocycles. The second-order valence-corrected chi connectivity index (χ2v) is 11.1. The molecule has 5 rings (SSSR count). The van der Waals surface area contributed by atoms with Crippen molar-refractivity contribution < 1.29 is 49.0 Å². The summed E-state index contributed by atoms with van der Waals surface area (Å²) in [7, 11) is 0. The minimum Gasteiger partial charge on any atom is -1.00 e. The maximum absolute atomic E-state index is 3.37. The Balaban J connectivity index is 0.000000259. The van der Waals surface area contributed by atoms with Crippen LogP contribution in [0.2, 0.25) is 0 Å². The number of rotatable bonds is 2. The van der Waals surface area contributed by atoms with E-state index in [1.807, 2.05) is 6.07 Å². The number of fused-ring (bicyclic) bond motifs is 3. The zero-order valence-corrected chi connectivity index (χ0v) is 25.5. The van der Waals surface area contributed by atoms with Gasteiger partial charge in [-0.05, 0) is 6.42 Å². The average molecular weight is 581 g/mol. The minimum absolute atomic E-state index is 0. The molecule has 0 aromatic heterocycles. The summed E-state index contributed by atoms with van der Waals surface area (Å²) in [5, 5.41) is 0. The molecule has 2 aliphatic rings. The number of allylic oxidation sites excluding steroid dienone is 4. The molecule has 3 aromatic rings. The van der Waals surface area contributed by atoms with Crippen molar-refractivity contribution in [2.24, 2.45) is 11.8 Å². The Bertz CT molecular complexity index is 1130. The van der Waals surface area contributed by atoms with Gasteiger partial charge in [-0.15, -0.1) is 5.56 Å². The van der Waals surface area contributed by atoms with Crippen LogP contribution in [-0.4, -0.2) is 3.21 Å². The third kappa shape index (κ3) is 8.82. The van der Waals surface area contributed by atoms with Crippen molar-refractivity contribution in [1.82, 2.24) is 0 Å². The normalized spacial score (nSPS) is 14.5. The molecule has 182 valence electrons. The first-order chi connectivity index (χ1) is 15.8. The Kier molecular flexibility index (Phi) is 13.4. The molecule has 0 heterocycles. The molecule has 0 spiro atoms. The van der Waals surface area contributed by atoms with Crippen LogP contribution in [-0.2, 0) is 30.7 Å². The van der Waals surface area contributed by atoms with Crippen molar-refractivity contribution in [3.63, 3.8) is 0 Å². The molecular weight excluding hydrogens is 546 g/mol. The molecule has 0 saturated heterocycles. The molecule has 0 radical (unpaired) electrons. The third-order valence-corrected chi connectivity index (χ3v) is 6.74. The van der Waals surface area contributed by atoms with Crippen molar-refractivity contribution >= 4 is 3.21 Å². The quantitative estimate of drug-likeness (QED) is 0.319. The first-order valence-electron chi connectivity index (χ1n) is 11.8. The Hall–Kier alpha value is -1.53. The van der Waals surface area contributed by atoms with Gasteiger partial charge in [-0.25, -0.2) is 5.57 Å². The molecular formula is C32H34Cl2Zr-2. The van der Waals surface area contributed by atoms with Gasteiger partial charge < -0.3 is 24.8 Å². The van der Waals surface area contributed by atoms with Gasteiger partial charge in [0.25, 0.3) is 0 Å². The molecule has 0 saturated carbocycles. The van der Waals surface area contributed by atoms with E-state index in [0.29, 0.717) is 11.8 Å². The zero-order valence-electron chi connectivity index (χ0n) is 21.5. The van der Waals surface area contributed by atoms with Crippen molar-refractivity contribution in [2.45, 2.75) is 48.0 Å². The van der Waals surface area contributed by atoms with Crippen LogP contribution in [0.5, 0.6) is 0 Å². The fourth-order valence-corrected chi connectivity index (χ4v) is 4.70. The van der Waals surface area contributed by atoms with Crippen LogP contribution in [0.3, 0.4) is 0 Å². The maximum Gasteiger partial charge on any atom is -0.0253 e. The van der Waals surface area contributed by atoms with Crippen LogP contribution >= 0.6 is 0 Å². The standard InChI is InChI=1S/C13H9.C10H15.C9H10.2ClH.Zr/c1-3-7-12-10(5-1)9-11-6-2-4-8-13(11)12;1-7(2)10-6-8(3)5-9(10)4;1-3-9-6-4-8(2)5-7-9;;;/h1-5,7-8H,9H2;6-8H,1-4H3;4-7H,1-2H3;2*1H;/q2*-1;;;;+2/p-2. The summed E-state index contributed by atoms with van der Waals surface area (Å²) < 4.78 is 1.46. The molecule has 0 nitrogen and oxygen atoms in total. The molecule has 1 unspecified atom stereocenters. The van der Waals surface area contributed by atoms with E-state index in [2.05, 4.69) is 120 Å². The Morgan fingerprint density at radius 2 is 1.54 bits per heavy atom. The van der Waals surface area contributed by atoms with Crippen LogP contribution < -0.4 is 24.8 Å². The number of hydrogen-bond donors (Lipinski definition) is 0. The number of halogens is 2. The van der Waals surface area contributed by atoms with E-state index in [9.17, 15) is 0 Å². The Morgan fingerprint density at radius 3 is 2.09 bits per heavy atom. The van der Waals surface area contributed by atoms with Crippen LogP contribution in [0, 0.1) is 30.9 Å². The van der Waals surface area contributed by atoms with E-state index in [4.69, 9.17) is 0 Å². The van der Waals surface area contributed by atoms with Gasteiger partial charge in [-0.2, -0.15) is 41.5 Å². The Labute approximate surface area is 240 Å². The van der Waals surface area contributed by atoms with Gasteiger partial charge in [0.2, 0.25) is 0 Å². The van der Waals surface area contributed by atoms with Gasteiger partial charge in [0.15, 0.2) is 0 Å². The molecule has 0 amide bonds. The van der Waals surface area contributed by atoms with Crippen molar-refractivity contribution in [1.29, 1.82) is 0 Å². The number of hydrogen-bond acceptors (Lipinski definition) is 0. The van der Waals surface area contributed by atoms with E-state index in [1.165, 1.54) is 72.0 Å². The topological polar surface area (TPSA) is 0 Å². The molecule has 0 aliphatic heterocycles. The van der Waals surface area contributed by atoms with E-state index in [-0.39, 0.29) is 24.8 Å². The van der Waals surface area contributed by atoms with Crippen LogP contribution in [0.15, 0.2) is 84.0 Å². The zero-order chi connectivity index (χ0) is 24.0. The fourth-order valence-electron chi connectivity index (χ4n) is 4.29. The summed E-state index contributed by atoms with van der Waals surface area (Å²) in [5.41, 5.74) is 11.1. The van der Waals surface area contributed by atoms with Gasteiger partial charge in [0, 0.05) is 0 Å². The first-order valence-corrected chi connectivity index (χ1v) is 13.0. The largest absolute Gasteiger partial charge is 1.00 e. The summed E-state index contributed by atoms with van der Waals surface area (Å²) in [6, 6.07) is 26.8. The summed E-state index contributed by atoms with van der Waals surface area (Å²) >= 11 is 1.51. The molecule has 2 aliphatic carbocycles. The predicted molar refractivity (Wildman–Crippen MR) is 139 cm³/mol. The number of aryl methyl sites for hydroxylation is 1. The smallest absolute Gasteiger partial charge is 0.0253 e. The van der Waals surface area contributed by atoms with Gasteiger partial charge >= 0.3 is 76.7 Å². The van der Waals surface area contributed by atoms with Crippen molar-refractivity contribution in [2.75, 3.05) is 0 Å². The van der Waals surface area contributed by atoms with Crippen LogP contribution in [0.25, 0.3) is 11.1 Å². The van der Waals surface area contributed by atoms with Gasteiger partial charge in [0.1, 0.15) is 0 Å². The molecule has 0 fully saturated rings. The predicted octanol–water partition coefficient (Wildman–Crippen LogP) is 2.12. The van der Waals surface area contributed by atoms with E-state index in [0.717, 1.165) is 6.42 Å². The molecule has 35 heavy (non-hydrogen) atoms. The van der Waals surface area contributed by atoms with Crippen LogP contribution in [0.4, 0.5) is 0 Å². The van der Waals surface area contributed by atoms with Gasteiger partial charge in [-0.3, -0.25) is 6.08 Å². The second-order valence-electron chi connectivity index (χ2n) is 9.22. The fraction of sp³-hybridized carbons (Fsp3) is 0.281. The first kappa shape index (κ1) is 31.5. The third-order valence-electron chi connectivity index (χ3n) is 6.03. The van der Waals surface area contributed by atoms with E-state index >= 15 is 0 Å². The van der Waals surface area contributed by atoms with Crippen LogP contribution in [0.1, 0.15) is 56.9 Å². The minimum atomic E-state index is 0. The summed E-state index contributed by atoms with van der Waals surface area (Å²) in [5.74, 6) is 1.20. The maximum atomic E-state index is 3.37. The number of benzene rings is 3. The molecule has 0 N–H and O–H groups in total. The van der Waals surface area contributed by atoms with Crippen molar-refractivity contribution in [3.05, 3.63) is 118 Å². The monoisotopic (exact) mass is 578 g/mol.